The molecule has 4 rings (SSSR count). The highest BCUT2D eigenvalue weighted by Gasteiger charge is 2.29. The van der Waals surface area contributed by atoms with Crippen LogP contribution in [0, 0.1) is 0 Å². The van der Waals surface area contributed by atoms with E-state index in [1.165, 1.54) is 0 Å². The van der Waals surface area contributed by atoms with Gasteiger partial charge in [0.15, 0.2) is 0 Å². The van der Waals surface area contributed by atoms with Crippen LogP contribution in [0.5, 0.6) is 17.2 Å². The molecular weight excluding hydrogens is 364 g/mol. The van der Waals surface area contributed by atoms with Crippen LogP contribution in [0.15, 0.2) is 71.8 Å². The number of rotatable bonds is 3. The number of hydrazone groups is 1. The monoisotopic (exact) mass is 380 g/mol. The maximum Gasteiger partial charge on any atom is 0.132 e. The van der Waals surface area contributed by atoms with Crippen molar-refractivity contribution in [2.45, 2.75) is 5.92 Å². The molecule has 1 aliphatic heterocycles. The summed E-state index contributed by atoms with van der Waals surface area (Å²) in [5, 5.41) is 24.5. The van der Waals surface area contributed by atoms with Gasteiger partial charge in [-0.3, -0.25) is 5.43 Å². The maximum absolute atomic E-state index is 9.75. The Bertz CT molecular complexity index is 1000. The fourth-order valence-electron chi connectivity index (χ4n) is 3.05. The van der Waals surface area contributed by atoms with Crippen molar-refractivity contribution in [3.63, 3.8) is 0 Å². The van der Waals surface area contributed by atoms with E-state index in [-0.39, 0.29) is 17.4 Å². The number of nitrogens with one attached hydrogen (secondary N) is 1. The van der Waals surface area contributed by atoms with Crippen molar-refractivity contribution in [1.82, 2.24) is 0 Å². The zero-order chi connectivity index (χ0) is 18.8. The topological polar surface area (TPSA) is 74.1 Å². The normalized spacial score (nSPS) is 17.2. The lowest BCUT2D eigenvalue weighted by atomic mass is 9.88. The van der Waals surface area contributed by atoms with E-state index in [0.29, 0.717) is 23.1 Å². The number of phenols is 2. The molecule has 1 aliphatic rings. The molecular formula is C21H17ClN2O3. The van der Waals surface area contributed by atoms with Crippen LogP contribution in [0.1, 0.15) is 17.0 Å². The molecule has 3 N–H and O–H groups in total. The quantitative estimate of drug-likeness (QED) is 0.573. The van der Waals surface area contributed by atoms with Crippen molar-refractivity contribution in [3.8, 4) is 17.2 Å². The molecule has 0 aliphatic carbocycles. The molecule has 0 amide bonds. The summed E-state index contributed by atoms with van der Waals surface area (Å²) in [6, 6.07) is 19.3. The Morgan fingerprint density at radius 2 is 1.70 bits per heavy atom. The summed E-state index contributed by atoms with van der Waals surface area (Å²) < 4.78 is 5.85. The van der Waals surface area contributed by atoms with Gasteiger partial charge in [-0.15, -0.1) is 0 Å². The van der Waals surface area contributed by atoms with Crippen molar-refractivity contribution in [2.75, 3.05) is 12.0 Å². The van der Waals surface area contributed by atoms with Crippen molar-refractivity contribution in [2.24, 2.45) is 5.10 Å². The van der Waals surface area contributed by atoms with E-state index in [9.17, 15) is 10.2 Å². The molecule has 3 aromatic rings. The summed E-state index contributed by atoms with van der Waals surface area (Å²) >= 11 is 6.22. The van der Waals surface area contributed by atoms with E-state index in [1.807, 2.05) is 30.3 Å². The van der Waals surface area contributed by atoms with E-state index in [4.69, 9.17) is 16.3 Å². The average molecular weight is 381 g/mol. The first-order valence-electron chi connectivity index (χ1n) is 8.45. The second-order valence-corrected chi connectivity index (χ2v) is 6.63. The van der Waals surface area contributed by atoms with Crippen LogP contribution in [0.3, 0.4) is 0 Å². The number of fused-ring (bicyclic) bond motifs is 1. The Kier molecular flexibility index (Phi) is 4.60. The van der Waals surface area contributed by atoms with Gasteiger partial charge in [0.25, 0.3) is 0 Å². The van der Waals surface area contributed by atoms with Crippen molar-refractivity contribution >= 4 is 23.0 Å². The van der Waals surface area contributed by atoms with Crippen molar-refractivity contribution in [3.05, 3.63) is 82.9 Å². The maximum atomic E-state index is 9.75. The molecule has 27 heavy (non-hydrogen) atoms. The zero-order valence-electron chi connectivity index (χ0n) is 14.3. The average Bonchev–Trinajstić information content (AvgIpc) is 2.67. The molecule has 1 heterocycles. The number of nitrogens with zero attached hydrogens (tertiary/aromatic N) is 1. The smallest absolute Gasteiger partial charge is 0.132 e. The molecule has 136 valence electrons. The molecule has 0 bridgehead atoms. The van der Waals surface area contributed by atoms with E-state index in [2.05, 4.69) is 10.5 Å². The fraction of sp³-hybridized carbons (Fsp3) is 0.0952. The van der Waals surface area contributed by atoms with E-state index < -0.39 is 0 Å². The highest BCUT2D eigenvalue weighted by molar-refractivity contribution is 6.33. The van der Waals surface area contributed by atoms with Gasteiger partial charge in [-0.05, 0) is 42.0 Å². The lowest BCUT2D eigenvalue weighted by molar-refractivity contribution is 0.300. The molecule has 0 saturated carbocycles. The Hall–Kier alpha value is -3.18. The fourth-order valence-corrected chi connectivity index (χ4v) is 3.23. The summed E-state index contributed by atoms with van der Waals surface area (Å²) in [5.74, 6) is 0.770. The van der Waals surface area contributed by atoms with Gasteiger partial charge in [-0.25, -0.2) is 0 Å². The second-order valence-electron chi connectivity index (χ2n) is 6.22. The summed E-state index contributed by atoms with van der Waals surface area (Å²) in [4.78, 5) is 0. The van der Waals surface area contributed by atoms with Crippen LogP contribution in [-0.4, -0.2) is 22.5 Å². The number of hydrogen-bond donors (Lipinski definition) is 3. The highest BCUT2D eigenvalue weighted by Crippen LogP contribution is 2.36. The standard InChI is InChI=1S/C21H17ClN2O3/c22-18-3-1-2-4-19(18)23-24-21-16-10-9-15(26)11-20(16)27-12-17(21)13-5-7-14(25)8-6-13/h1-11,17,23,25-26H,12H2. The Morgan fingerprint density at radius 1 is 0.963 bits per heavy atom. The number of aromatic hydroxyl groups is 2. The molecule has 5 nitrogen and oxygen atoms in total. The van der Waals surface area contributed by atoms with Crippen LogP contribution in [0.2, 0.25) is 5.02 Å². The first kappa shape index (κ1) is 17.2. The third kappa shape index (κ3) is 3.55. The lowest BCUT2D eigenvalue weighted by Gasteiger charge is -2.27. The minimum absolute atomic E-state index is 0.134. The third-order valence-electron chi connectivity index (χ3n) is 4.44. The molecule has 0 aromatic heterocycles. The van der Waals surface area contributed by atoms with Gasteiger partial charge in [0.2, 0.25) is 0 Å². The minimum atomic E-state index is -0.141. The molecule has 1 unspecified atom stereocenters. The van der Waals surface area contributed by atoms with Gasteiger partial charge in [0.05, 0.1) is 22.3 Å². The van der Waals surface area contributed by atoms with Gasteiger partial charge >= 0.3 is 0 Å². The van der Waals surface area contributed by atoms with Gasteiger partial charge in [0.1, 0.15) is 23.9 Å². The summed E-state index contributed by atoms with van der Waals surface area (Å²) in [6.45, 7) is 0.365. The van der Waals surface area contributed by atoms with Crippen molar-refractivity contribution in [1.29, 1.82) is 0 Å². The Balaban J connectivity index is 1.77. The predicted molar refractivity (Wildman–Crippen MR) is 106 cm³/mol. The van der Waals surface area contributed by atoms with Crippen LogP contribution < -0.4 is 10.2 Å². The van der Waals surface area contributed by atoms with Gasteiger partial charge < -0.3 is 14.9 Å². The van der Waals surface area contributed by atoms with Crippen LogP contribution in [0.25, 0.3) is 0 Å². The number of halogens is 1. The van der Waals surface area contributed by atoms with E-state index >= 15 is 0 Å². The van der Waals surface area contributed by atoms with Gasteiger partial charge in [-0.1, -0.05) is 35.9 Å². The van der Waals surface area contributed by atoms with E-state index in [1.54, 1.807) is 36.4 Å². The molecule has 0 radical (unpaired) electrons. The van der Waals surface area contributed by atoms with Crippen molar-refractivity contribution < 1.29 is 14.9 Å². The van der Waals surface area contributed by atoms with Gasteiger partial charge in [-0.2, -0.15) is 5.10 Å². The minimum Gasteiger partial charge on any atom is -0.508 e. The lowest BCUT2D eigenvalue weighted by Crippen LogP contribution is -2.27. The zero-order valence-corrected chi connectivity index (χ0v) is 15.0. The number of phenolic OH excluding ortho intramolecular Hbond substituents is 2. The molecule has 3 aromatic carbocycles. The Labute approximate surface area is 161 Å². The summed E-state index contributed by atoms with van der Waals surface area (Å²) in [6.07, 6.45) is 0. The van der Waals surface area contributed by atoms with Gasteiger partial charge in [0, 0.05) is 11.6 Å². The number of hydrogen-bond acceptors (Lipinski definition) is 5. The van der Waals surface area contributed by atoms with E-state index in [0.717, 1.165) is 16.8 Å². The highest BCUT2D eigenvalue weighted by atomic mass is 35.5. The SMILES string of the molecule is Oc1ccc(C2COc3cc(O)ccc3C2=NNc2ccccc2Cl)cc1. The number of anilines is 1. The Morgan fingerprint density at radius 3 is 2.48 bits per heavy atom. The van der Waals surface area contributed by atoms with Crippen LogP contribution >= 0.6 is 11.6 Å². The molecule has 0 fully saturated rings. The number of benzene rings is 3. The number of ether oxygens (including phenoxy) is 1. The van der Waals surface area contributed by atoms with Crippen LogP contribution in [0.4, 0.5) is 5.69 Å². The predicted octanol–water partition coefficient (Wildman–Crippen LogP) is 4.74. The molecule has 6 heteroatoms. The molecule has 1 atom stereocenters. The van der Waals surface area contributed by atoms with Crippen LogP contribution in [-0.2, 0) is 0 Å². The summed E-state index contributed by atoms with van der Waals surface area (Å²) in [7, 11) is 0. The third-order valence-corrected chi connectivity index (χ3v) is 4.77. The molecule has 0 saturated heterocycles. The second kappa shape index (κ2) is 7.21. The largest absolute Gasteiger partial charge is 0.508 e. The summed E-state index contributed by atoms with van der Waals surface area (Å²) in [5.41, 5.74) is 6.25. The first-order chi connectivity index (χ1) is 13.1. The number of para-hydroxylation sites is 1. The molecule has 0 spiro atoms. The first-order valence-corrected chi connectivity index (χ1v) is 8.83.